The van der Waals surface area contributed by atoms with Gasteiger partial charge >= 0.3 is 0 Å². The normalized spacial score (nSPS) is 17.7. The maximum absolute atomic E-state index is 12.2. The van der Waals surface area contributed by atoms with Crippen molar-refractivity contribution in [3.63, 3.8) is 0 Å². The summed E-state index contributed by atoms with van der Waals surface area (Å²) in [5, 5.41) is 9.34. The van der Waals surface area contributed by atoms with Gasteiger partial charge in [0.1, 0.15) is 6.04 Å². The Balaban J connectivity index is 1.50. The van der Waals surface area contributed by atoms with Gasteiger partial charge < -0.3 is 5.32 Å². The Morgan fingerprint density at radius 2 is 2.36 bits per heavy atom. The highest BCUT2D eigenvalue weighted by molar-refractivity contribution is 7.10. The van der Waals surface area contributed by atoms with Crippen LogP contribution in [0.1, 0.15) is 30.3 Å². The number of carbonyl (C=O) groups excluding carboxylic acids is 1. The lowest BCUT2D eigenvalue weighted by atomic mass is 10.1. The van der Waals surface area contributed by atoms with Crippen molar-refractivity contribution in [2.45, 2.75) is 38.9 Å². The molecule has 3 rings (SSSR count). The van der Waals surface area contributed by atoms with Crippen molar-refractivity contribution in [1.82, 2.24) is 20.0 Å². The first-order chi connectivity index (χ1) is 10.6. The first kappa shape index (κ1) is 15.2. The molecule has 0 radical (unpaired) electrons. The van der Waals surface area contributed by atoms with Crippen LogP contribution in [-0.2, 0) is 17.8 Å². The molecule has 1 aliphatic rings. The topological polar surface area (TPSA) is 50.2 Å². The Morgan fingerprint density at radius 3 is 3.14 bits per heavy atom. The number of hydrogen-bond acceptors (Lipinski definition) is 4. The minimum Gasteiger partial charge on any atom is -0.353 e. The van der Waals surface area contributed by atoms with E-state index in [1.165, 1.54) is 10.4 Å². The van der Waals surface area contributed by atoms with Crippen molar-refractivity contribution in [1.29, 1.82) is 0 Å². The van der Waals surface area contributed by atoms with Crippen LogP contribution in [-0.4, -0.2) is 39.7 Å². The van der Waals surface area contributed by atoms with E-state index < -0.39 is 0 Å². The summed E-state index contributed by atoms with van der Waals surface area (Å²) in [6.45, 7) is 6.77. The molecule has 1 N–H and O–H groups in total. The molecule has 0 spiro atoms. The van der Waals surface area contributed by atoms with E-state index >= 15 is 0 Å². The molecule has 118 valence electrons. The van der Waals surface area contributed by atoms with Crippen molar-refractivity contribution in [3.05, 3.63) is 40.3 Å². The molecule has 0 aromatic carbocycles. The van der Waals surface area contributed by atoms with Gasteiger partial charge in [-0.15, -0.1) is 11.3 Å². The molecule has 0 unspecified atom stereocenters. The van der Waals surface area contributed by atoms with Crippen molar-refractivity contribution in [3.8, 4) is 0 Å². The van der Waals surface area contributed by atoms with E-state index in [1.807, 2.05) is 30.5 Å². The van der Waals surface area contributed by atoms with E-state index in [2.05, 4.69) is 33.7 Å². The molecule has 22 heavy (non-hydrogen) atoms. The van der Waals surface area contributed by atoms with Crippen LogP contribution in [0.2, 0.25) is 0 Å². The third-order valence-corrected chi connectivity index (χ3v) is 5.36. The minimum absolute atomic E-state index is 0.0174. The summed E-state index contributed by atoms with van der Waals surface area (Å²) in [5.74, 6) is 0.0174. The Labute approximate surface area is 134 Å². The number of fused-ring (bicyclic) bond motifs is 1. The van der Waals surface area contributed by atoms with Gasteiger partial charge in [0, 0.05) is 42.9 Å². The zero-order valence-electron chi connectivity index (χ0n) is 13.0. The van der Waals surface area contributed by atoms with Crippen LogP contribution in [0.3, 0.4) is 0 Å². The number of thiophene rings is 1. The molecule has 5 nitrogen and oxygen atoms in total. The lowest BCUT2D eigenvalue weighted by molar-refractivity contribution is -0.124. The molecule has 1 amide bonds. The van der Waals surface area contributed by atoms with Crippen molar-refractivity contribution in [2.75, 3.05) is 13.1 Å². The van der Waals surface area contributed by atoms with Crippen molar-refractivity contribution in [2.24, 2.45) is 0 Å². The Kier molecular flexibility index (Phi) is 4.59. The molecule has 3 heterocycles. The second-order valence-corrected chi connectivity index (χ2v) is 6.85. The molecular weight excluding hydrogens is 296 g/mol. The van der Waals surface area contributed by atoms with Crippen LogP contribution >= 0.6 is 11.3 Å². The predicted molar refractivity (Wildman–Crippen MR) is 87.8 cm³/mol. The molecule has 0 saturated heterocycles. The molecule has 0 aliphatic carbocycles. The van der Waals surface area contributed by atoms with Gasteiger partial charge in [-0.05, 0) is 43.3 Å². The van der Waals surface area contributed by atoms with Gasteiger partial charge in [0.25, 0.3) is 0 Å². The lowest BCUT2D eigenvalue weighted by Gasteiger charge is -2.32. The average Bonchev–Trinajstić information content (AvgIpc) is 3.21. The number of carbonyl (C=O) groups is 1. The van der Waals surface area contributed by atoms with Gasteiger partial charge in [-0.2, -0.15) is 5.10 Å². The van der Waals surface area contributed by atoms with E-state index in [4.69, 9.17) is 0 Å². The standard InChI is InChI=1S/C16H22N4OS/c1-12(19-8-4-15-14(11-19)5-9-22-15)10-17-16(21)13(2)20-7-3-6-18-20/h3,5-7,9,12-13H,4,8,10-11H2,1-2H3,(H,17,21)/t12-,13-/m0/s1. The van der Waals surface area contributed by atoms with Gasteiger partial charge in [-0.25, -0.2) is 0 Å². The molecule has 2 aromatic heterocycles. The van der Waals surface area contributed by atoms with Crippen molar-refractivity contribution >= 4 is 17.2 Å². The fourth-order valence-electron chi connectivity index (χ4n) is 2.80. The molecule has 0 fully saturated rings. The van der Waals surface area contributed by atoms with Gasteiger partial charge in [-0.1, -0.05) is 0 Å². The zero-order chi connectivity index (χ0) is 15.5. The molecule has 6 heteroatoms. The highest BCUT2D eigenvalue weighted by atomic mass is 32.1. The number of amides is 1. The van der Waals surface area contributed by atoms with Gasteiger partial charge in [0.2, 0.25) is 5.91 Å². The third kappa shape index (κ3) is 3.23. The van der Waals surface area contributed by atoms with E-state index in [9.17, 15) is 4.79 Å². The second kappa shape index (κ2) is 6.62. The molecule has 0 saturated carbocycles. The number of aromatic nitrogens is 2. The average molecular weight is 318 g/mol. The van der Waals surface area contributed by atoms with Crippen LogP contribution < -0.4 is 5.32 Å². The predicted octanol–water partition coefficient (Wildman–Crippen LogP) is 2.07. The maximum Gasteiger partial charge on any atom is 0.244 e. The molecule has 2 aromatic rings. The van der Waals surface area contributed by atoms with Crippen molar-refractivity contribution < 1.29 is 4.79 Å². The largest absolute Gasteiger partial charge is 0.353 e. The lowest BCUT2D eigenvalue weighted by Crippen LogP contribution is -2.45. The van der Waals surface area contributed by atoms with Crippen LogP contribution in [0.4, 0.5) is 0 Å². The Hall–Kier alpha value is -1.66. The number of rotatable bonds is 5. The summed E-state index contributed by atoms with van der Waals surface area (Å²) in [7, 11) is 0. The third-order valence-electron chi connectivity index (χ3n) is 4.33. The fourth-order valence-corrected chi connectivity index (χ4v) is 3.69. The summed E-state index contributed by atoms with van der Waals surface area (Å²) in [6.07, 6.45) is 4.63. The first-order valence-corrected chi connectivity index (χ1v) is 8.59. The second-order valence-electron chi connectivity index (χ2n) is 5.85. The summed E-state index contributed by atoms with van der Waals surface area (Å²) in [4.78, 5) is 16.1. The first-order valence-electron chi connectivity index (χ1n) is 7.71. The zero-order valence-corrected chi connectivity index (χ0v) is 13.8. The summed E-state index contributed by atoms with van der Waals surface area (Å²) in [6, 6.07) is 4.12. The van der Waals surface area contributed by atoms with E-state index in [0.29, 0.717) is 12.6 Å². The number of nitrogens with one attached hydrogen (secondary N) is 1. The molecule has 2 atom stereocenters. The van der Waals surface area contributed by atoms with Crippen LogP contribution in [0, 0.1) is 0 Å². The van der Waals surface area contributed by atoms with Crippen LogP contribution in [0.25, 0.3) is 0 Å². The maximum atomic E-state index is 12.2. The monoisotopic (exact) mass is 318 g/mol. The van der Waals surface area contributed by atoms with Gasteiger partial charge in [0.15, 0.2) is 0 Å². The summed E-state index contributed by atoms with van der Waals surface area (Å²) >= 11 is 1.85. The van der Waals surface area contributed by atoms with E-state index in [1.54, 1.807) is 10.9 Å². The van der Waals surface area contributed by atoms with Gasteiger partial charge in [0.05, 0.1) is 0 Å². The minimum atomic E-state index is -0.271. The Bertz CT molecular complexity index is 622. The number of nitrogens with zero attached hydrogens (tertiary/aromatic N) is 3. The summed E-state index contributed by atoms with van der Waals surface area (Å²) in [5.41, 5.74) is 1.44. The SMILES string of the molecule is C[C@@H](CNC(=O)[C@H](C)n1cccn1)N1CCc2sccc2C1. The smallest absolute Gasteiger partial charge is 0.244 e. The highest BCUT2D eigenvalue weighted by Gasteiger charge is 2.22. The summed E-state index contributed by atoms with van der Waals surface area (Å²) < 4.78 is 1.68. The quantitative estimate of drug-likeness (QED) is 0.918. The number of hydrogen-bond donors (Lipinski definition) is 1. The van der Waals surface area contributed by atoms with E-state index in [0.717, 1.165) is 19.5 Å². The highest BCUT2D eigenvalue weighted by Crippen LogP contribution is 2.24. The molecular formula is C16H22N4OS. The van der Waals surface area contributed by atoms with Crippen LogP contribution in [0.15, 0.2) is 29.9 Å². The fraction of sp³-hybridized carbons (Fsp3) is 0.500. The molecule has 0 bridgehead atoms. The van der Waals surface area contributed by atoms with E-state index in [-0.39, 0.29) is 11.9 Å². The molecule has 1 aliphatic heterocycles. The van der Waals surface area contributed by atoms with Gasteiger partial charge in [-0.3, -0.25) is 14.4 Å². The van der Waals surface area contributed by atoms with Crippen LogP contribution in [0.5, 0.6) is 0 Å². The Morgan fingerprint density at radius 1 is 1.50 bits per heavy atom.